The molecule has 0 radical (unpaired) electrons. The van der Waals surface area contributed by atoms with Gasteiger partial charge in [0, 0.05) is 4.88 Å². The molecule has 3 rings (SSSR count). The van der Waals surface area contributed by atoms with Gasteiger partial charge in [-0.1, -0.05) is 19.1 Å². The summed E-state index contributed by atoms with van der Waals surface area (Å²) in [4.78, 5) is 10.3. The summed E-state index contributed by atoms with van der Waals surface area (Å²) >= 11 is 1.79. The molecular formula is C15H15N3S. The minimum absolute atomic E-state index is 0.813. The zero-order chi connectivity index (χ0) is 13.1. The van der Waals surface area contributed by atoms with Crippen molar-refractivity contribution < 1.29 is 0 Å². The lowest BCUT2D eigenvalue weighted by Crippen LogP contribution is -2.02. The molecule has 3 nitrogen and oxygen atoms in total. The van der Waals surface area contributed by atoms with Gasteiger partial charge in [-0.2, -0.15) is 0 Å². The average Bonchev–Trinajstić information content (AvgIpc) is 2.92. The first-order valence-electron chi connectivity index (χ1n) is 6.37. The van der Waals surface area contributed by atoms with Crippen LogP contribution in [0.2, 0.25) is 0 Å². The molecule has 2 heterocycles. The van der Waals surface area contributed by atoms with E-state index in [9.17, 15) is 0 Å². The van der Waals surface area contributed by atoms with Gasteiger partial charge in [0.2, 0.25) is 0 Å². The number of para-hydroxylation sites is 2. The molecule has 0 saturated carbocycles. The number of anilines is 1. The van der Waals surface area contributed by atoms with E-state index in [1.807, 2.05) is 24.3 Å². The van der Waals surface area contributed by atoms with E-state index in [0.717, 1.165) is 29.8 Å². The summed E-state index contributed by atoms with van der Waals surface area (Å²) in [5.41, 5.74) is 3.26. The van der Waals surface area contributed by atoms with E-state index < -0.39 is 0 Å². The van der Waals surface area contributed by atoms with Crippen molar-refractivity contribution in [1.29, 1.82) is 0 Å². The number of aromatic nitrogens is 2. The van der Waals surface area contributed by atoms with Crippen LogP contribution in [0.4, 0.5) is 5.82 Å². The molecule has 0 aliphatic heterocycles. The Balaban J connectivity index is 1.78. The van der Waals surface area contributed by atoms with Crippen LogP contribution in [-0.2, 0) is 13.0 Å². The van der Waals surface area contributed by atoms with E-state index >= 15 is 0 Å². The second-order valence-electron chi connectivity index (χ2n) is 4.32. The molecule has 1 N–H and O–H groups in total. The molecule has 0 atom stereocenters. The van der Waals surface area contributed by atoms with Crippen molar-refractivity contribution in [2.45, 2.75) is 19.9 Å². The van der Waals surface area contributed by atoms with Crippen molar-refractivity contribution in [3.8, 4) is 0 Å². The van der Waals surface area contributed by atoms with Gasteiger partial charge in [-0.15, -0.1) is 11.3 Å². The number of nitrogens with zero attached hydrogens (tertiary/aromatic N) is 2. The topological polar surface area (TPSA) is 37.8 Å². The molecule has 0 fully saturated rings. The number of hydrogen-bond acceptors (Lipinski definition) is 4. The van der Waals surface area contributed by atoms with Crippen LogP contribution in [0.25, 0.3) is 11.0 Å². The van der Waals surface area contributed by atoms with Crippen molar-refractivity contribution in [3.05, 3.63) is 52.3 Å². The Labute approximate surface area is 116 Å². The maximum Gasteiger partial charge on any atom is 0.145 e. The summed E-state index contributed by atoms with van der Waals surface area (Å²) < 4.78 is 0. The first-order chi connectivity index (χ1) is 9.36. The zero-order valence-electron chi connectivity index (χ0n) is 10.8. The molecule has 0 saturated heterocycles. The first-order valence-corrected chi connectivity index (χ1v) is 7.25. The lowest BCUT2D eigenvalue weighted by Gasteiger charge is -2.06. The van der Waals surface area contributed by atoms with E-state index in [1.54, 1.807) is 17.5 Å². The molecule has 3 aromatic rings. The summed E-state index contributed by atoms with van der Waals surface area (Å²) in [6.07, 6.45) is 2.87. The normalized spacial score (nSPS) is 10.8. The van der Waals surface area contributed by atoms with Crippen molar-refractivity contribution in [3.63, 3.8) is 0 Å². The Hall–Kier alpha value is -1.94. The van der Waals surface area contributed by atoms with Crippen LogP contribution in [0.15, 0.2) is 41.9 Å². The van der Waals surface area contributed by atoms with E-state index in [4.69, 9.17) is 0 Å². The first kappa shape index (κ1) is 12.1. The van der Waals surface area contributed by atoms with Crippen molar-refractivity contribution in [2.24, 2.45) is 0 Å². The highest BCUT2D eigenvalue weighted by Crippen LogP contribution is 2.19. The molecule has 1 aromatic carbocycles. The van der Waals surface area contributed by atoms with E-state index in [1.165, 1.54) is 10.4 Å². The van der Waals surface area contributed by atoms with Crippen LogP contribution < -0.4 is 5.32 Å². The van der Waals surface area contributed by atoms with Crippen molar-refractivity contribution in [2.75, 3.05) is 5.32 Å². The predicted octanol–water partition coefficient (Wildman–Crippen LogP) is 3.87. The van der Waals surface area contributed by atoms with Gasteiger partial charge in [0.15, 0.2) is 0 Å². The average molecular weight is 269 g/mol. The summed E-state index contributed by atoms with van der Waals surface area (Å²) in [5.74, 6) is 0.828. The molecule has 19 heavy (non-hydrogen) atoms. The second kappa shape index (κ2) is 5.36. The van der Waals surface area contributed by atoms with Gasteiger partial charge < -0.3 is 5.32 Å². The minimum Gasteiger partial charge on any atom is -0.364 e. The fourth-order valence-electron chi connectivity index (χ4n) is 2.05. The van der Waals surface area contributed by atoms with Crippen molar-refractivity contribution in [1.82, 2.24) is 9.97 Å². The van der Waals surface area contributed by atoms with Gasteiger partial charge in [-0.05, 0) is 35.6 Å². The summed E-state index contributed by atoms with van der Waals surface area (Å²) in [5, 5.41) is 5.49. The Morgan fingerprint density at radius 1 is 1.16 bits per heavy atom. The molecular weight excluding hydrogens is 254 g/mol. The number of hydrogen-bond donors (Lipinski definition) is 1. The maximum absolute atomic E-state index is 4.56. The number of rotatable bonds is 4. The smallest absolute Gasteiger partial charge is 0.145 e. The van der Waals surface area contributed by atoms with Gasteiger partial charge in [-0.25, -0.2) is 4.98 Å². The lowest BCUT2D eigenvalue weighted by molar-refractivity contribution is 1.07. The minimum atomic E-state index is 0.813. The Bertz CT molecular complexity index is 690. The van der Waals surface area contributed by atoms with Crippen LogP contribution in [0, 0.1) is 0 Å². The largest absolute Gasteiger partial charge is 0.364 e. The van der Waals surface area contributed by atoms with Crippen LogP contribution in [0.3, 0.4) is 0 Å². The van der Waals surface area contributed by atoms with Crippen LogP contribution in [0.5, 0.6) is 0 Å². The molecule has 96 valence electrons. The number of thiophene rings is 1. The fraction of sp³-hybridized carbons (Fsp3) is 0.200. The molecule has 0 unspecified atom stereocenters. The number of nitrogens with one attached hydrogen (secondary N) is 1. The highest BCUT2D eigenvalue weighted by atomic mass is 32.1. The Kier molecular flexibility index (Phi) is 3.42. The molecule has 4 heteroatoms. The number of aryl methyl sites for hydroxylation is 1. The van der Waals surface area contributed by atoms with E-state index in [0.29, 0.717) is 0 Å². The van der Waals surface area contributed by atoms with E-state index in [-0.39, 0.29) is 0 Å². The second-order valence-corrected chi connectivity index (χ2v) is 5.32. The molecule has 0 spiro atoms. The lowest BCUT2D eigenvalue weighted by atomic mass is 10.2. The van der Waals surface area contributed by atoms with Gasteiger partial charge in [-0.3, -0.25) is 4.98 Å². The maximum atomic E-state index is 4.56. The number of benzene rings is 1. The fourth-order valence-corrected chi connectivity index (χ4v) is 2.97. The third-order valence-electron chi connectivity index (χ3n) is 3.10. The predicted molar refractivity (Wildman–Crippen MR) is 80.6 cm³/mol. The summed E-state index contributed by atoms with van der Waals surface area (Å²) in [6.45, 7) is 3.00. The van der Waals surface area contributed by atoms with Gasteiger partial charge in [0.05, 0.1) is 23.8 Å². The van der Waals surface area contributed by atoms with Gasteiger partial charge >= 0.3 is 0 Å². The highest BCUT2D eigenvalue weighted by molar-refractivity contribution is 7.10. The highest BCUT2D eigenvalue weighted by Gasteiger charge is 2.03. The Morgan fingerprint density at radius 3 is 2.84 bits per heavy atom. The van der Waals surface area contributed by atoms with Gasteiger partial charge in [0.1, 0.15) is 5.82 Å². The van der Waals surface area contributed by atoms with Crippen LogP contribution >= 0.6 is 11.3 Å². The summed E-state index contributed by atoms with van der Waals surface area (Å²) in [6, 6.07) is 10.1. The van der Waals surface area contributed by atoms with Crippen LogP contribution in [0.1, 0.15) is 17.4 Å². The SMILES string of the molecule is CCc1ccsc1CNc1cnc2ccccc2n1. The van der Waals surface area contributed by atoms with Gasteiger partial charge in [0.25, 0.3) is 0 Å². The third-order valence-corrected chi connectivity index (χ3v) is 4.06. The quantitative estimate of drug-likeness (QED) is 0.781. The molecule has 2 aromatic heterocycles. The van der Waals surface area contributed by atoms with Crippen LogP contribution in [-0.4, -0.2) is 9.97 Å². The molecule has 0 aliphatic carbocycles. The number of fused-ring (bicyclic) bond motifs is 1. The monoisotopic (exact) mass is 269 g/mol. The molecule has 0 amide bonds. The van der Waals surface area contributed by atoms with E-state index in [2.05, 4.69) is 33.7 Å². The zero-order valence-corrected chi connectivity index (χ0v) is 11.6. The Morgan fingerprint density at radius 2 is 2.00 bits per heavy atom. The molecule has 0 bridgehead atoms. The summed E-state index contributed by atoms with van der Waals surface area (Å²) in [7, 11) is 0. The third kappa shape index (κ3) is 2.58. The standard InChI is InChI=1S/C15H15N3S/c1-2-11-7-8-19-14(11)9-17-15-10-16-12-5-3-4-6-13(12)18-15/h3-8,10H,2,9H2,1H3,(H,17,18). The molecule has 0 aliphatic rings. The van der Waals surface area contributed by atoms with Crippen molar-refractivity contribution >= 4 is 28.2 Å².